The third-order valence-corrected chi connectivity index (χ3v) is 3.04. The number of nitrogens with one attached hydrogen (secondary N) is 1. The third kappa shape index (κ3) is 3.75. The van der Waals surface area contributed by atoms with E-state index in [1.54, 1.807) is 12.4 Å². The van der Waals surface area contributed by atoms with Gasteiger partial charge >= 0.3 is 0 Å². The molecule has 104 valence electrons. The molecule has 2 N–H and O–H groups in total. The van der Waals surface area contributed by atoms with Gasteiger partial charge in [-0.3, -0.25) is 9.38 Å². The Morgan fingerprint density at radius 3 is 2.84 bits per heavy atom. The molecule has 0 aliphatic carbocycles. The largest absolute Gasteiger partial charge is 0.395 e. The van der Waals surface area contributed by atoms with Crippen LogP contribution in [0.3, 0.4) is 0 Å². The molecule has 0 aliphatic heterocycles. The number of rotatable bonds is 5. The molecule has 2 rings (SSSR count). The van der Waals surface area contributed by atoms with E-state index < -0.39 is 0 Å². The molecule has 0 aromatic carbocycles. The fraction of sp³-hybridized carbons (Fsp3) is 0.571. The van der Waals surface area contributed by atoms with Crippen LogP contribution in [-0.2, 0) is 6.54 Å². The van der Waals surface area contributed by atoms with Crippen molar-refractivity contribution in [1.29, 1.82) is 0 Å². The fourth-order valence-corrected chi connectivity index (χ4v) is 2.21. The lowest BCUT2D eigenvalue weighted by atomic mass is 9.88. The van der Waals surface area contributed by atoms with Gasteiger partial charge < -0.3 is 10.4 Å². The Kier molecular flexibility index (Phi) is 4.17. The molecule has 2 aromatic rings. The smallest absolute Gasteiger partial charge is 0.155 e. The molecule has 0 amide bonds. The van der Waals surface area contributed by atoms with Crippen molar-refractivity contribution < 1.29 is 5.11 Å². The maximum Gasteiger partial charge on any atom is 0.155 e. The van der Waals surface area contributed by atoms with Crippen molar-refractivity contribution in [2.24, 2.45) is 5.41 Å². The van der Waals surface area contributed by atoms with Gasteiger partial charge in [0.15, 0.2) is 5.65 Å². The molecule has 2 heterocycles. The normalized spacial score (nSPS) is 13.9. The van der Waals surface area contributed by atoms with Crippen LogP contribution >= 0.6 is 0 Å². The van der Waals surface area contributed by atoms with Crippen LogP contribution < -0.4 is 5.32 Å². The summed E-state index contributed by atoms with van der Waals surface area (Å²) in [4.78, 5) is 8.34. The number of aromatic nitrogens is 3. The monoisotopic (exact) mass is 262 g/mol. The quantitative estimate of drug-likeness (QED) is 0.859. The van der Waals surface area contributed by atoms with Gasteiger partial charge in [0.25, 0.3) is 0 Å². The molecule has 0 radical (unpaired) electrons. The first-order chi connectivity index (χ1) is 8.99. The molecule has 0 saturated carbocycles. The van der Waals surface area contributed by atoms with Crippen molar-refractivity contribution in [3.05, 3.63) is 30.5 Å². The molecular formula is C14H22N4O. The zero-order chi connectivity index (χ0) is 13.9. The van der Waals surface area contributed by atoms with Crippen molar-refractivity contribution in [1.82, 2.24) is 19.7 Å². The summed E-state index contributed by atoms with van der Waals surface area (Å²) in [7, 11) is 0. The van der Waals surface area contributed by atoms with Crippen LogP contribution in [0.15, 0.2) is 24.8 Å². The summed E-state index contributed by atoms with van der Waals surface area (Å²) in [5, 5.41) is 12.8. The predicted octanol–water partition coefficient (Wildman–Crippen LogP) is 1.62. The van der Waals surface area contributed by atoms with Crippen LogP contribution in [-0.4, -0.2) is 32.1 Å². The first-order valence-electron chi connectivity index (χ1n) is 6.60. The van der Waals surface area contributed by atoms with E-state index in [4.69, 9.17) is 0 Å². The van der Waals surface area contributed by atoms with Gasteiger partial charge in [0.05, 0.1) is 24.7 Å². The molecule has 1 atom stereocenters. The van der Waals surface area contributed by atoms with Crippen molar-refractivity contribution in [2.45, 2.75) is 39.8 Å². The Morgan fingerprint density at radius 2 is 2.16 bits per heavy atom. The summed E-state index contributed by atoms with van der Waals surface area (Å²) in [5.74, 6) is 0. The second-order valence-electron chi connectivity index (χ2n) is 6.08. The van der Waals surface area contributed by atoms with Crippen LogP contribution in [0, 0.1) is 5.41 Å². The Morgan fingerprint density at radius 1 is 1.37 bits per heavy atom. The molecule has 0 aliphatic rings. The lowest BCUT2D eigenvalue weighted by Gasteiger charge is -2.25. The second-order valence-corrected chi connectivity index (χ2v) is 6.08. The fourth-order valence-electron chi connectivity index (χ4n) is 2.21. The number of fused-ring (bicyclic) bond motifs is 1. The van der Waals surface area contributed by atoms with Crippen molar-refractivity contribution >= 4 is 5.65 Å². The van der Waals surface area contributed by atoms with Crippen molar-refractivity contribution in [3.63, 3.8) is 0 Å². The minimum atomic E-state index is 0.104. The SMILES string of the molecule is CC(C)(C)CC(CO)NCc1cnc2cnccn12. The van der Waals surface area contributed by atoms with E-state index >= 15 is 0 Å². The summed E-state index contributed by atoms with van der Waals surface area (Å²) >= 11 is 0. The highest BCUT2D eigenvalue weighted by molar-refractivity contribution is 5.36. The minimum Gasteiger partial charge on any atom is -0.395 e. The van der Waals surface area contributed by atoms with Crippen molar-refractivity contribution in [3.8, 4) is 0 Å². The van der Waals surface area contributed by atoms with Gasteiger partial charge in [-0.05, 0) is 11.8 Å². The average Bonchev–Trinajstić information content (AvgIpc) is 2.76. The van der Waals surface area contributed by atoms with Gasteiger partial charge in [-0.2, -0.15) is 0 Å². The van der Waals surface area contributed by atoms with Crippen molar-refractivity contribution in [2.75, 3.05) is 6.61 Å². The predicted molar refractivity (Wildman–Crippen MR) is 74.8 cm³/mol. The third-order valence-electron chi connectivity index (χ3n) is 3.04. The highest BCUT2D eigenvalue weighted by Gasteiger charge is 2.18. The molecule has 0 bridgehead atoms. The summed E-state index contributed by atoms with van der Waals surface area (Å²) in [6, 6.07) is 0.104. The number of aliphatic hydroxyl groups excluding tert-OH is 1. The standard InChI is InChI=1S/C14H22N4O/c1-14(2,3)6-11(10-19)16-7-12-8-17-13-9-15-4-5-18(12)13/h4-5,8-9,11,16,19H,6-7,10H2,1-3H3. The Labute approximate surface area is 113 Å². The van der Waals surface area contributed by atoms with E-state index in [2.05, 4.69) is 36.1 Å². The zero-order valence-electron chi connectivity index (χ0n) is 11.8. The van der Waals surface area contributed by atoms with Crippen LogP contribution in [0.2, 0.25) is 0 Å². The Balaban J connectivity index is 2.01. The van der Waals surface area contributed by atoms with E-state index in [1.165, 1.54) is 0 Å². The molecule has 19 heavy (non-hydrogen) atoms. The zero-order valence-corrected chi connectivity index (χ0v) is 11.8. The van der Waals surface area contributed by atoms with E-state index in [-0.39, 0.29) is 18.1 Å². The maximum atomic E-state index is 9.44. The van der Waals surface area contributed by atoms with Crippen LogP contribution in [0.4, 0.5) is 0 Å². The number of aliphatic hydroxyl groups is 1. The summed E-state index contributed by atoms with van der Waals surface area (Å²) in [6.07, 6.45) is 8.16. The first-order valence-corrected chi connectivity index (χ1v) is 6.60. The highest BCUT2D eigenvalue weighted by Crippen LogP contribution is 2.20. The minimum absolute atomic E-state index is 0.104. The highest BCUT2D eigenvalue weighted by atomic mass is 16.3. The molecule has 0 saturated heterocycles. The van der Waals surface area contributed by atoms with Crippen LogP contribution in [0.1, 0.15) is 32.9 Å². The van der Waals surface area contributed by atoms with Gasteiger partial charge in [-0.1, -0.05) is 20.8 Å². The van der Waals surface area contributed by atoms with Gasteiger partial charge in [0.1, 0.15) is 0 Å². The number of nitrogens with zero attached hydrogens (tertiary/aromatic N) is 3. The second kappa shape index (κ2) is 5.67. The van der Waals surface area contributed by atoms with E-state index in [9.17, 15) is 5.11 Å². The van der Waals surface area contributed by atoms with Gasteiger partial charge in [0.2, 0.25) is 0 Å². The Hall–Kier alpha value is -1.46. The summed E-state index contributed by atoms with van der Waals surface area (Å²) in [6.45, 7) is 7.37. The van der Waals surface area contributed by atoms with Crippen LogP contribution in [0.25, 0.3) is 5.65 Å². The molecule has 0 spiro atoms. The van der Waals surface area contributed by atoms with Gasteiger partial charge in [0, 0.05) is 25.0 Å². The molecule has 1 unspecified atom stereocenters. The number of imidazole rings is 1. The van der Waals surface area contributed by atoms with E-state index in [0.29, 0.717) is 6.54 Å². The van der Waals surface area contributed by atoms with Crippen LogP contribution in [0.5, 0.6) is 0 Å². The Bertz CT molecular complexity index is 529. The molecular weight excluding hydrogens is 240 g/mol. The van der Waals surface area contributed by atoms with Gasteiger partial charge in [-0.15, -0.1) is 0 Å². The van der Waals surface area contributed by atoms with E-state index in [1.807, 2.05) is 16.8 Å². The molecule has 0 fully saturated rings. The van der Waals surface area contributed by atoms with Gasteiger partial charge in [-0.25, -0.2) is 4.98 Å². The molecule has 5 nitrogen and oxygen atoms in total. The maximum absolute atomic E-state index is 9.44. The summed E-state index contributed by atoms with van der Waals surface area (Å²) < 4.78 is 2.01. The lowest BCUT2D eigenvalue weighted by molar-refractivity contribution is 0.197. The average molecular weight is 262 g/mol. The number of hydrogen-bond donors (Lipinski definition) is 2. The first kappa shape index (κ1) is 14.0. The summed E-state index contributed by atoms with van der Waals surface area (Å²) in [5.41, 5.74) is 2.12. The molecule has 5 heteroatoms. The van der Waals surface area contributed by atoms with E-state index in [0.717, 1.165) is 17.8 Å². The topological polar surface area (TPSA) is 62.5 Å². The number of hydrogen-bond acceptors (Lipinski definition) is 4. The molecule has 2 aromatic heterocycles. The lowest BCUT2D eigenvalue weighted by Crippen LogP contribution is -2.35.